The first kappa shape index (κ1) is 26.7. The van der Waals surface area contributed by atoms with Crippen LogP contribution in [0.5, 0.6) is 5.75 Å². The van der Waals surface area contributed by atoms with E-state index in [9.17, 15) is 15.0 Å². The highest BCUT2D eigenvalue weighted by Gasteiger charge is 2.14. The third-order valence-electron chi connectivity index (χ3n) is 5.04. The van der Waals surface area contributed by atoms with Gasteiger partial charge in [-0.1, -0.05) is 54.1 Å². The summed E-state index contributed by atoms with van der Waals surface area (Å²) in [4.78, 5) is 11.5. The van der Waals surface area contributed by atoms with Crippen molar-refractivity contribution >= 4 is 30.0 Å². The Morgan fingerprint density at radius 3 is 2.24 bits per heavy atom. The molecule has 7 heteroatoms. The molecule has 176 valence electrons. The van der Waals surface area contributed by atoms with Crippen LogP contribution in [0.1, 0.15) is 41.4 Å². The van der Waals surface area contributed by atoms with Crippen LogP contribution in [0.15, 0.2) is 66.7 Å². The van der Waals surface area contributed by atoms with Gasteiger partial charge >= 0.3 is 5.97 Å². The van der Waals surface area contributed by atoms with Crippen LogP contribution in [0.25, 0.3) is 11.1 Å². The predicted octanol–water partition coefficient (Wildman–Crippen LogP) is 5.78. The highest BCUT2D eigenvalue weighted by molar-refractivity contribution is 6.30. The molecule has 3 aromatic carbocycles. The third kappa shape index (κ3) is 7.76. The zero-order valence-corrected chi connectivity index (χ0v) is 20.2. The van der Waals surface area contributed by atoms with E-state index in [0.29, 0.717) is 17.3 Å². The van der Waals surface area contributed by atoms with Crippen LogP contribution in [0.2, 0.25) is 5.02 Å². The molecule has 0 spiro atoms. The van der Waals surface area contributed by atoms with E-state index in [1.54, 1.807) is 30.3 Å². The van der Waals surface area contributed by atoms with E-state index in [1.807, 2.05) is 38.1 Å². The predicted molar refractivity (Wildman–Crippen MR) is 135 cm³/mol. The second-order valence-electron chi connectivity index (χ2n) is 7.90. The van der Waals surface area contributed by atoms with Crippen molar-refractivity contribution in [1.29, 1.82) is 0 Å². The molecule has 0 aliphatic heterocycles. The minimum absolute atomic E-state index is 0. The molecule has 3 aromatic rings. The molecule has 3 rings (SSSR count). The lowest BCUT2D eigenvalue weighted by atomic mass is 10.0. The topological polar surface area (TPSA) is 78.8 Å². The molecule has 0 saturated carbocycles. The molecule has 0 fully saturated rings. The number of halogens is 2. The van der Waals surface area contributed by atoms with Gasteiger partial charge in [0, 0.05) is 11.6 Å². The molecule has 0 bridgehead atoms. The molecule has 3 N–H and O–H groups in total. The summed E-state index contributed by atoms with van der Waals surface area (Å²) < 4.78 is 5.70. The second kappa shape index (κ2) is 12.6. The molecule has 5 nitrogen and oxygen atoms in total. The number of hydrogen-bond acceptors (Lipinski definition) is 4. The van der Waals surface area contributed by atoms with Crippen molar-refractivity contribution < 1.29 is 19.7 Å². The van der Waals surface area contributed by atoms with Crippen LogP contribution < -0.4 is 10.1 Å². The molecule has 0 saturated heterocycles. The standard InChI is InChI=1S/C26H28ClNO4.ClH/c1-17(2)32-25-15-21(9-12-23(25)26(30)31)19-5-3-18(4-6-19)13-14-28-16-24(29)20-7-10-22(27)11-8-20;/h3-12,15,17,24,28-29H,13-14,16H2,1-2H3,(H,30,31);1H/t24-;/m0./s1. The van der Waals surface area contributed by atoms with Gasteiger partial charge in [0.2, 0.25) is 0 Å². The van der Waals surface area contributed by atoms with Crippen molar-refractivity contribution in [2.75, 3.05) is 13.1 Å². The number of carboxylic acid groups (broad SMARTS) is 1. The van der Waals surface area contributed by atoms with Gasteiger partial charge in [-0.25, -0.2) is 4.79 Å². The quantitative estimate of drug-likeness (QED) is 0.314. The van der Waals surface area contributed by atoms with Crippen LogP contribution in [0, 0.1) is 0 Å². The Hall–Kier alpha value is -2.57. The van der Waals surface area contributed by atoms with Gasteiger partial charge in [-0.05, 0) is 73.3 Å². The molecule has 0 heterocycles. The lowest BCUT2D eigenvalue weighted by Gasteiger charge is -2.14. The molecule has 0 aliphatic carbocycles. The summed E-state index contributed by atoms with van der Waals surface area (Å²) >= 11 is 5.88. The lowest BCUT2D eigenvalue weighted by Crippen LogP contribution is -2.23. The fourth-order valence-corrected chi connectivity index (χ4v) is 3.49. The van der Waals surface area contributed by atoms with Gasteiger partial charge in [-0.2, -0.15) is 0 Å². The van der Waals surface area contributed by atoms with Gasteiger partial charge < -0.3 is 20.3 Å². The van der Waals surface area contributed by atoms with Gasteiger partial charge in [0.05, 0.1) is 12.2 Å². The number of nitrogens with one attached hydrogen (secondary N) is 1. The molecule has 0 unspecified atom stereocenters. The Kier molecular flexibility index (Phi) is 10.2. The summed E-state index contributed by atoms with van der Waals surface area (Å²) in [5.41, 5.74) is 4.06. The summed E-state index contributed by atoms with van der Waals surface area (Å²) in [6.45, 7) is 4.95. The lowest BCUT2D eigenvalue weighted by molar-refractivity contribution is 0.0690. The molecule has 1 atom stereocenters. The van der Waals surface area contributed by atoms with E-state index < -0.39 is 12.1 Å². The van der Waals surface area contributed by atoms with E-state index in [4.69, 9.17) is 16.3 Å². The highest BCUT2D eigenvalue weighted by atomic mass is 35.5. The number of aliphatic hydroxyl groups is 1. The molecular formula is C26H29Cl2NO4. The van der Waals surface area contributed by atoms with Gasteiger partial charge in [-0.3, -0.25) is 0 Å². The molecule has 0 amide bonds. The van der Waals surface area contributed by atoms with E-state index >= 15 is 0 Å². The highest BCUT2D eigenvalue weighted by Crippen LogP contribution is 2.28. The number of benzene rings is 3. The van der Waals surface area contributed by atoms with Crippen molar-refractivity contribution in [3.8, 4) is 16.9 Å². The van der Waals surface area contributed by atoms with Crippen LogP contribution in [-0.2, 0) is 6.42 Å². The molecular weight excluding hydrogens is 461 g/mol. The smallest absolute Gasteiger partial charge is 0.339 e. The normalized spacial score (nSPS) is 11.7. The third-order valence-corrected chi connectivity index (χ3v) is 5.30. The van der Waals surface area contributed by atoms with E-state index in [1.165, 1.54) is 5.56 Å². The largest absolute Gasteiger partial charge is 0.490 e. The SMILES string of the molecule is CC(C)Oc1cc(-c2ccc(CCNC[C@H](O)c3ccc(Cl)cc3)cc2)ccc1C(=O)O.Cl. The first-order chi connectivity index (χ1) is 15.3. The Morgan fingerprint density at radius 1 is 1.00 bits per heavy atom. The van der Waals surface area contributed by atoms with Crippen LogP contribution >= 0.6 is 24.0 Å². The van der Waals surface area contributed by atoms with Crippen LogP contribution in [-0.4, -0.2) is 35.4 Å². The minimum atomic E-state index is -1.00. The van der Waals surface area contributed by atoms with Crippen molar-refractivity contribution in [1.82, 2.24) is 5.32 Å². The van der Waals surface area contributed by atoms with Gasteiger partial charge in [-0.15, -0.1) is 12.4 Å². The monoisotopic (exact) mass is 489 g/mol. The Morgan fingerprint density at radius 2 is 1.64 bits per heavy atom. The van der Waals surface area contributed by atoms with E-state index in [2.05, 4.69) is 17.4 Å². The van der Waals surface area contributed by atoms with Crippen LogP contribution in [0.3, 0.4) is 0 Å². The molecule has 0 radical (unpaired) electrons. The number of ether oxygens (including phenoxy) is 1. The number of rotatable bonds is 10. The maximum absolute atomic E-state index is 11.5. The van der Waals surface area contributed by atoms with Crippen LogP contribution in [0.4, 0.5) is 0 Å². The average molecular weight is 490 g/mol. The molecule has 0 aromatic heterocycles. The first-order valence-corrected chi connectivity index (χ1v) is 11.0. The summed E-state index contributed by atoms with van der Waals surface area (Å²) in [7, 11) is 0. The number of aliphatic hydroxyl groups excluding tert-OH is 1. The van der Waals surface area contributed by atoms with Gasteiger partial charge in [0.25, 0.3) is 0 Å². The van der Waals surface area contributed by atoms with Crippen molar-refractivity contribution in [3.05, 3.63) is 88.4 Å². The fraction of sp³-hybridized carbons (Fsp3) is 0.269. The van der Waals surface area contributed by atoms with Gasteiger partial charge in [0.1, 0.15) is 11.3 Å². The number of carbonyl (C=O) groups is 1. The number of carboxylic acids is 1. The first-order valence-electron chi connectivity index (χ1n) is 10.6. The maximum atomic E-state index is 11.5. The Balaban J connectivity index is 0.00000385. The zero-order valence-electron chi connectivity index (χ0n) is 18.6. The summed E-state index contributed by atoms with van der Waals surface area (Å²) in [6.07, 6.45) is 0.134. The summed E-state index contributed by atoms with van der Waals surface area (Å²) in [6, 6.07) is 20.5. The maximum Gasteiger partial charge on any atom is 0.339 e. The number of aromatic carboxylic acids is 1. The fourth-order valence-electron chi connectivity index (χ4n) is 3.37. The summed E-state index contributed by atoms with van der Waals surface area (Å²) in [5.74, 6) is -0.631. The van der Waals surface area contributed by atoms with Crippen molar-refractivity contribution in [3.63, 3.8) is 0 Å². The van der Waals surface area contributed by atoms with Crippen molar-refractivity contribution in [2.45, 2.75) is 32.5 Å². The van der Waals surface area contributed by atoms with Gasteiger partial charge in [0.15, 0.2) is 0 Å². The minimum Gasteiger partial charge on any atom is -0.490 e. The average Bonchev–Trinajstić information content (AvgIpc) is 2.77. The molecule has 0 aliphatic rings. The summed E-state index contributed by atoms with van der Waals surface area (Å²) in [5, 5.41) is 23.6. The Bertz CT molecular complexity index is 1040. The molecule has 33 heavy (non-hydrogen) atoms. The Labute approximate surface area is 205 Å². The van der Waals surface area contributed by atoms with E-state index in [0.717, 1.165) is 29.7 Å². The zero-order chi connectivity index (χ0) is 23.1. The van der Waals surface area contributed by atoms with Crippen molar-refractivity contribution in [2.24, 2.45) is 0 Å². The number of hydrogen-bond donors (Lipinski definition) is 3. The second-order valence-corrected chi connectivity index (χ2v) is 8.34. The van der Waals surface area contributed by atoms with E-state index in [-0.39, 0.29) is 24.1 Å².